The molecule has 0 N–H and O–H groups in total. The molecule has 0 saturated carbocycles. The van der Waals surface area contributed by atoms with E-state index in [9.17, 15) is 40.7 Å². The predicted molar refractivity (Wildman–Crippen MR) is 182 cm³/mol. The van der Waals surface area contributed by atoms with Gasteiger partial charge in [0.15, 0.2) is 0 Å². The number of rotatable bonds is 17. The lowest BCUT2D eigenvalue weighted by molar-refractivity contribution is -0.475. The molecule has 1 saturated heterocycles. The van der Waals surface area contributed by atoms with E-state index in [1.807, 2.05) is 0 Å². The Morgan fingerprint density at radius 3 is 1.75 bits per heavy atom. The number of carbonyl (C=O) groups is 3. The van der Waals surface area contributed by atoms with Gasteiger partial charge in [-0.15, -0.1) is 0 Å². The Labute approximate surface area is 315 Å². The molecule has 0 radical (unpaired) electrons. The van der Waals surface area contributed by atoms with Crippen molar-refractivity contribution < 1.29 is 78.9 Å². The minimum absolute atomic E-state index is 0.0269. The lowest BCUT2D eigenvalue weighted by atomic mass is 9.89. The average Bonchev–Trinajstić information content (AvgIpc) is 3.13. The van der Waals surface area contributed by atoms with Gasteiger partial charge in [0.25, 0.3) is 11.2 Å². The molecule has 306 valence electrons. The number of benzene rings is 2. The molecule has 2 aromatic rings. The summed E-state index contributed by atoms with van der Waals surface area (Å²) in [6, 6.07) is 12.2. The van der Waals surface area contributed by atoms with E-state index < -0.39 is 76.7 Å². The van der Waals surface area contributed by atoms with Crippen molar-refractivity contribution in [3.63, 3.8) is 0 Å². The molecule has 17 heteroatoms. The van der Waals surface area contributed by atoms with Crippen molar-refractivity contribution in [2.45, 2.75) is 101 Å². The average molecular weight is 793 g/mol. The number of esters is 3. The van der Waals surface area contributed by atoms with E-state index >= 15 is 0 Å². The first-order valence-corrected chi connectivity index (χ1v) is 17.2. The van der Waals surface area contributed by atoms with Crippen LogP contribution in [0.4, 0.5) is 26.3 Å². The second-order valence-corrected chi connectivity index (χ2v) is 13.1. The van der Waals surface area contributed by atoms with Crippen molar-refractivity contribution in [3.05, 3.63) is 83.4 Å². The van der Waals surface area contributed by atoms with Crippen molar-refractivity contribution in [2.75, 3.05) is 28.4 Å². The molecule has 0 aromatic heterocycles. The Balaban J connectivity index is 1.95. The second-order valence-electron chi connectivity index (χ2n) is 13.1. The molecule has 1 heterocycles. The number of carbonyl (C=O) groups excluding carboxylic acids is 3. The third-order valence-electron chi connectivity index (χ3n) is 9.58. The van der Waals surface area contributed by atoms with Crippen LogP contribution in [-0.4, -0.2) is 82.8 Å². The zero-order valence-electron chi connectivity index (χ0n) is 31.5. The summed E-state index contributed by atoms with van der Waals surface area (Å²) in [4.78, 5) is 49.8. The maximum atomic E-state index is 14.8. The summed E-state index contributed by atoms with van der Waals surface area (Å²) in [7, 11) is 3.98. The van der Waals surface area contributed by atoms with Gasteiger partial charge in [-0.2, -0.15) is 26.3 Å². The van der Waals surface area contributed by atoms with E-state index in [0.717, 1.165) is 24.3 Å². The molecule has 1 aliphatic rings. The lowest BCUT2D eigenvalue weighted by Crippen LogP contribution is -2.52. The summed E-state index contributed by atoms with van der Waals surface area (Å²) in [6.45, 7) is 4.37. The zero-order valence-corrected chi connectivity index (χ0v) is 31.5. The monoisotopic (exact) mass is 792 g/mol. The fourth-order valence-electron chi connectivity index (χ4n) is 6.25. The highest BCUT2D eigenvalue weighted by molar-refractivity contribution is 5.83. The Hall–Kier alpha value is -4.03. The van der Waals surface area contributed by atoms with Crippen molar-refractivity contribution in [1.82, 2.24) is 0 Å². The highest BCUT2D eigenvalue weighted by atomic mass is 19.4. The van der Waals surface area contributed by atoms with Gasteiger partial charge in [0.05, 0.1) is 13.5 Å². The van der Waals surface area contributed by atoms with Gasteiger partial charge in [-0.05, 0) is 44.3 Å². The van der Waals surface area contributed by atoms with Gasteiger partial charge >= 0.3 is 30.3 Å². The topological polar surface area (TPSA) is 125 Å². The van der Waals surface area contributed by atoms with E-state index in [-0.39, 0.29) is 43.6 Å². The molecule has 0 spiro atoms. The van der Waals surface area contributed by atoms with Crippen LogP contribution in [0, 0.1) is 5.92 Å². The van der Waals surface area contributed by atoms with Gasteiger partial charge in [0, 0.05) is 45.3 Å². The molecule has 11 nitrogen and oxygen atoms in total. The first kappa shape index (κ1) is 45.4. The van der Waals surface area contributed by atoms with Crippen LogP contribution in [0.2, 0.25) is 0 Å². The van der Waals surface area contributed by atoms with Gasteiger partial charge < -0.3 is 28.4 Å². The molecular formula is C38H46F6O11. The summed E-state index contributed by atoms with van der Waals surface area (Å²) < 4.78 is 119. The second kappa shape index (κ2) is 18.7. The van der Waals surface area contributed by atoms with E-state index in [0.29, 0.717) is 14.2 Å². The smallest absolute Gasteiger partial charge is 0.432 e. The Morgan fingerprint density at radius 1 is 0.836 bits per heavy atom. The normalized spacial score (nSPS) is 22.7. The minimum atomic E-state index is -5.31. The van der Waals surface area contributed by atoms with Crippen LogP contribution < -0.4 is 0 Å². The number of hydrogen-bond donors (Lipinski definition) is 0. The molecule has 0 unspecified atom stereocenters. The molecule has 0 bridgehead atoms. The van der Waals surface area contributed by atoms with Gasteiger partial charge in [0.2, 0.25) is 5.79 Å². The standard InChI is InChI=1S/C38H46F6O11/c1-24(26(3)52-32(46)35(50-6,37(39,40)41)27-15-10-8-11-16-27)21-29(53-33(47)36(51-7,38(42,43)44)28-17-12-9-13-18-28)19-14-20-34(49-5)23-25(2)30(54-55-34)22-31(45)48-4/h8-13,15-18,21,25-26,29-30H,14,19-20,22-23H2,1-7H3/b24-21+/t25-,26-,29-,30-,34+,35+,36+/m0/s1. The molecule has 1 fully saturated rings. The maximum Gasteiger partial charge on any atom is 0.432 e. The van der Waals surface area contributed by atoms with Crippen LogP contribution in [0.5, 0.6) is 0 Å². The first-order valence-electron chi connectivity index (χ1n) is 17.2. The third kappa shape index (κ3) is 10.0. The predicted octanol–water partition coefficient (Wildman–Crippen LogP) is 7.42. The van der Waals surface area contributed by atoms with E-state index in [1.54, 1.807) is 6.92 Å². The van der Waals surface area contributed by atoms with Crippen LogP contribution in [0.15, 0.2) is 72.3 Å². The highest BCUT2D eigenvalue weighted by Gasteiger charge is 2.65. The number of halogens is 6. The summed E-state index contributed by atoms with van der Waals surface area (Å²) in [6.07, 6.45) is -12.9. The first-order chi connectivity index (χ1) is 25.8. The molecule has 0 aliphatic carbocycles. The van der Waals surface area contributed by atoms with Gasteiger partial charge in [-0.25, -0.2) is 19.4 Å². The Bertz CT molecular complexity index is 1600. The molecule has 7 atom stereocenters. The van der Waals surface area contributed by atoms with Gasteiger partial charge in [-0.3, -0.25) is 4.79 Å². The fourth-order valence-corrected chi connectivity index (χ4v) is 6.25. The summed E-state index contributed by atoms with van der Waals surface area (Å²) in [5, 5.41) is 0. The molecule has 55 heavy (non-hydrogen) atoms. The highest BCUT2D eigenvalue weighted by Crippen LogP contribution is 2.45. The molecular weight excluding hydrogens is 746 g/mol. The number of alkyl halides is 6. The van der Waals surface area contributed by atoms with Crippen molar-refractivity contribution in [3.8, 4) is 0 Å². The Kier molecular flexibility index (Phi) is 15.5. The fraction of sp³-hybridized carbons (Fsp3) is 0.553. The molecule has 0 amide bonds. The summed E-state index contributed by atoms with van der Waals surface area (Å²) in [5.74, 6) is -5.80. The van der Waals surface area contributed by atoms with Crippen LogP contribution >= 0.6 is 0 Å². The summed E-state index contributed by atoms with van der Waals surface area (Å²) in [5.41, 5.74) is -8.17. The van der Waals surface area contributed by atoms with Gasteiger partial charge in [-0.1, -0.05) is 67.6 Å². The van der Waals surface area contributed by atoms with Crippen LogP contribution in [0.25, 0.3) is 0 Å². The molecule has 1 aliphatic heterocycles. The number of methoxy groups -OCH3 is 4. The van der Waals surface area contributed by atoms with Crippen LogP contribution in [-0.2, 0) is 63.8 Å². The van der Waals surface area contributed by atoms with Crippen LogP contribution in [0.1, 0.15) is 64.0 Å². The Morgan fingerprint density at radius 2 is 1.33 bits per heavy atom. The molecule has 3 rings (SSSR count). The van der Waals surface area contributed by atoms with Gasteiger partial charge in [0.1, 0.15) is 18.3 Å². The van der Waals surface area contributed by atoms with E-state index in [1.165, 1.54) is 70.5 Å². The zero-order chi connectivity index (χ0) is 41.2. The molecule has 2 aromatic carbocycles. The number of ether oxygens (including phenoxy) is 6. The maximum absolute atomic E-state index is 14.8. The minimum Gasteiger partial charge on any atom is -0.469 e. The van der Waals surface area contributed by atoms with E-state index in [2.05, 4.69) is 0 Å². The largest absolute Gasteiger partial charge is 0.469 e. The SMILES string of the molecule is COC(=O)C[C@@H]1OO[C@@](CCC[C@@H](/C=C(\C)[C@H](C)OC(=O)[C@](OC)(c2ccccc2)C(F)(F)F)OC(=O)[C@](OC)(c2ccccc2)C(F)(F)F)(OC)C[C@@H]1C. The van der Waals surface area contributed by atoms with Crippen LogP contribution in [0.3, 0.4) is 0 Å². The number of hydrogen-bond acceptors (Lipinski definition) is 11. The quantitative estimate of drug-likeness (QED) is 0.0523. The van der Waals surface area contributed by atoms with Crippen molar-refractivity contribution in [2.24, 2.45) is 5.92 Å². The van der Waals surface area contributed by atoms with Crippen molar-refractivity contribution in [1.29, 1.82) is 0 Å². The summed E-state index contributed by atoms with van der Waals surface area (Å²) >= 11 is 0. The van der Waals surface area contributed by atoms with E-state index in [4.69, 9.17) is 38.2 Å². The third-order valence-corrected chi connectivity index (χ3v) is 9.58. The van der Waals surface area contributed by atoms with Crippen molar-refractivity contribution >= 4 is 17.9 Å². The lowest BCUT2D eigenvalue weighted by Gasteiger charge is -2.41.